The van der Waals surface area contributed by atoms with Crippen molar-refractivity contribution < 1.29 is 33.4 Å². The van der Waals surface area contributed by atoms with Crippen molar-refractivity contribution in [3.05, 3.63) is 71.8 Å². The molecule has 0 bridgehead atoms. The fraction of sp³-hybridized carbons (Fsp3) is 0.238. The van der Waals surface area contributed by atoms with Crippen LogP contribution >= 0.6 is 0 Å². The van der Waals surface area contributed by atoms with Crippen LogP contribution in [0.25, 0.3) is 0 Å². The zero-order chi connectivity index (χ0) is 20.7. The summed E-state index contributed by atoms with van der Waals surface area (Å²) in [5, 5.41) is 0. The van der Waals surface area contributed by atoms with E-state index in [0.717, 1.165) is 14.2 Å². The highest BCUT2D eigenvalue weighted by atomic mass is 16.5. The lowest BCUT2D eigenvalue weighted by atomic mass is 9.72. The number of hydrogen-bond donors (Lipinski definition) is 0. The quantitative estimate of drug-likeness (QED) is 0.506. The molecule has 0 fully saturated rings. The molecule has 0 aliphatic rings. The van der Waals surface area contributed by atoms with Gasteiger partial charge in [0, 0.05) is 7.11 Å². The van der Waals surface area contributed by atoms with Gasteiger partial charge in [-0.1, -0.05) is 60.7 Å². The van der Waals surface area contributed by atoms with Gasteiger partial charge in [0.1, 0.15) is 0 Å². The van der Waals surface area contributed by atoms with Crippen molar-refractivity contribution >= 4 is 23.5 Å². The first-order valence-electron chi connectivity index (χ1n) is 8.34. The molecule has 0 aliphatic carbocycles. The molecular formula is C21H20O7. The molecule has 28 heavy (non-hydrogen) atoms. The van der Waals surface area contributed by atoms with Crippen LogP contribution in [0.15, 0.2) is 60.7 Å². The molecule has 7 nitrogen and oxygen atoms in total. The van der Waals surface area contributed by atoms with E-state index in [0.29, 0.717) is 5.56 Å². The van der Waals surface area contributed by atoms with Crippen LogP contribution in [0, 0.1) is 0 Å². The lowest BCUT2D eigenvalue weighted by molar-refractivity contribution is -0.169. The fourth-order valence-electron chi connectivity index (χ4n) is 3.12. The second-order valence-corrected chi connectivity index (χ2v) is 5.83. The summed E-state index contributed by atoms with van der Waals surface area (Å²) in [4.78, 5) is 50.5. The summed E-state index contributed by atoms with van der Waals surface area (Å²) in [7, 11) is 3.29. The Labute approximate surface area is 162 Å². The maximum absolute atomic E-state index is 13.2. The summed E-state index contributed by atoms with van der Waals surface area (Å²) < 4.78 is 14.7. The van der Waals surface area contributed by atoms with Gasteiger partial charge in [-0.25, -0.2) is 9.59 Å². The summed E-state index contributed by atoms with van der Waals surface area (Å²) in [6, 6.07) is 16.1. The number of Topliss-reactive ketones (excluding diaryl/α,β-unsaturated/α-hetero) is 2. The van der Waals surface area contributed by atoms with Crippen molar-refractivity contribution in [3.8, 4) is 0 Å². The second kappa shape index (κ2) is 9.05. The third-order valence-corrected chi connectivity index (χ3v) is 4.42. The van der Waals surface area contributed by atoms with Gasteiger partial charge in [0.15, 0.2) is 5.60 Å². The van der Waals surface area contributed by atoms with Gasteiger partial charge in [-0.15, -0.1) is 0 Å². The summed E-state index contributed by atoms with van der Waals surface area (Å²) in [6.07, 6.45) is 0. The molecule has 2 aromatic rings. The Balaban J connectivity index is 2.85. The third-order valence-electron chi connectivity index (χ3n) is 4.42. The van der Waals surface area contributed by atoms with E-state index in [1.165, 1.54) is 19.2 Å². The molecule has 2 unspecified atom stereocenters. The summed E-state index contributed by atoms with van der Waals surface area (Å²) >= 11 is 0. The third kappa shape index (κ3) is 3.70. The van der Waals surface area contributed by atoms with Gasteiger partial charge < -0.3 is 14.2 Å². The van der Waals surface area contributed by atoms with E-state index >= 15 is 0 Å². The molecular weight excluding hydrogens is 364 g/mol. The molecule has 2 rings (SSSR count). The zero-order valence-electron chi connectivity index (χ0n) is 15.7. The minimum absolute atomic E-state index is 0.221. The number of carbonyl (C=O) groups excluding carboxylic acids is 4. The van der Waals surface area contributed by atoms with E-state index in [1.807, 2.05) is 0 Å². The molecule has 7 heteroatoms. The normalized spacial score (nSPS) is 13.7. The SMILES string of the molecule is COC(=O)C(=O)C(c1ccccc1)C(OC)(C(=O)C(=O)OC)c1ccccc1. The summed E-state index contributed by atoms with van der Waals surface area (Å²) in [5.41, 5.74) is -1.60. The van der Waals surface area contributed by atoms with Crippen LogP contribution < -0.4 is 0 Å². The molecule has 0 N–H and O–H groups in total. The number of rotatable bonds is 8. The van der Waals surface area contributed by atoms with Gasteiger partial charge in [0.2, 0.25) is 0 Å². The lowest BCUT2D eigenvalue weighted by Crippen LogP contribution is -2.51. The lowest BCUT2D eigenvalue weighted by Gasteiger charge is -2.36. The topological polar surface area (TPSA) is 96.0 Å². The molecule has 0 saturated carbocycles. The Morgan fingerprint density at radius 1 is 0.750 bits per heavy atom. The number of benzene rings is 2. The zero-order valence-corrected chi connectivity index (χ0v) is 15.7. The van der Waals surface area contributed by atoms with E-state index in [1.54, 1.807) is 48.5 Å². The molecule has 2 atom stereocenters. The fourth-order valence-corrected chi connectivity index (χ4v) is 3.12. The molecule has 0 heterocycles. The number of methoxy groups -OCH3 is 3. The minimum Gasteiger partial charge on any atom is -0.463 e. The Morgan fingerprint density at radius 2 is 1.25 bits per heavy atom. The Kier molecular flexibility index (Phi) is 6.79. The van der Waals surface area contributed by atoms with Gasteiger partial charge in [-0.2, -0.15) is 0 Å². The molecule has 2 aromatic carbocycles. The van der Waals surface area contributed by atoms with Crippen molar-refractivity contribution in [2.45, 2.75) is 11.5 Å². The van der Waals surface area contributed by atoms with Crippen LogP contribution in [0.3, 0.4) is 0 Å². The minimum atomic E-state index is -2.12. The van der Waals surface area contributed by atoms with E-state index in [4.69, 9.17) is 4.74 Å². The van der Waals surface area contributed by atoms with Gasteiger partial charge in [-0.3, -0.25) is 9.59 Å². The Morgan fingerprint density at radius 3 is 1.71 bits per heavy atom. The van der Waals surface area contributed by atoms with Gasteiger partial charge in [-0.05, 0) is 11.1 Å². The van der Waals surface area contributed by atoms with E-state index in [-0.39, 0.29) is 5.56 Å². The first-order chi connectivity index (χ1) is 13.4. The van der Waals surface area contributed by atoms with Crippen molar-refractivity contribution in [1.29, 1.82) is 0 Å². The predicted octanol–water partition coefficient (Wildman–Crippen LogP) is 1.80. The van der Waals surface area contributed by atoms with Crippen LogP contribution in [0.2, 0.25) is 0 Å². The maximum Gasteiger partial charge on any atom is 0.377 e. The average molecular weight is 384 g/mol. The molecule has 0 aliphatic heterocycles. The van der Waals surface area contributed by atoms with Crippen molar-refractivity contribution in [2.75, 3.05) is 21.3 Å². The number of carbonyl (C=O) groups is 4. The van der Waals surface area contributed by atoms with Crippen LogP contribution in [0.1, 0.15) is 17.0 Å². The largest absolute Gasteiger partial charge is 0.463 e. The first-order valence-corrected chi connectivity index (χ1v) is 8.34. The maximum atomic E-state index is 13.2. The number of hydrogen-bond acceptors (Lipinski definition) is 7. The van der Waals surface area contributed by atoms with Gasteiger partial charge in [0.25, 0.3) is 11.6 Å². The molecule has 146 valence electrons. The van der Waals surface area contributed by atoms with Crippen LogP contribution in [0.4, 0.5) is 0 Å². The monoisotopic (exact) mass is 384 g/mol. The smallest absolute Gasteiger partial charge is 0.377 e. The number of esters is 2. The van der Waals surface area contributed by atoms with Crippen molar-refractivity contribution in [2.24, 2.45) is 0 Å². The molecule has 0 saturated heterocycles. The van der Waals surface area contributed by atoms with Crippen LogP contribution in [-0.4, -0.2) is 44.8 Å². The number of ketones is 2. The number of ether oxygens (including phenoxy) is 3. The summed E-state index contributed by atoms with van der Waals surface area (Å²) in [5.74, 6) is -5.99. The molecule has 0 radical (unpaired) electrons. The summed E-state index contributed by atoms with van der Waals surface area (Å²) in [6.45, 7) is 0. The molecule has 0 aromatic heterocycles. The standard InChI is InChI=1S/C21H20O7/c1-26-19(24)17(22)16(14-10-6-4-7-11-14)21(28-3,18(23)20(25)27-2)15-12-8-5-9-13-15/h4-13,16H,1-3H3. The second-order valence-electron chi connectivity index (χ2n) is 5.83. The van der Waals surface area contributed by atoms with E-state index in [9.17, 15) is 19.2 Å². The van der Waals surface area contributed by atoms with Crippen LogP contribution in [-0.2, 0) is 39.0 Å². The molecule has 0 spiro atoms. The highest BCUT2D eigenvalue weighted by Crippen LogP contribution is 2.42. The van der Waals surface area contributed by atoms with Gasteiger partial charge >= 0.3 is 11.9 Å². The van der Waals surface area contributed by atoms with Crippen LogP contribution in [0.5, 0.6) is 0 Å². The van der Waals surface area contributed by atoms with E-state index < -0.39 is 35.0 Å². The Hall–Kier alpha value is -3.32. The highest BCUT2D eigenvalue weighted by molar-refractivity contribution is 6.41. The molecule has 0 amide bonds. The predicted molar refractivity (Wildman–Crippen MR) is 98.4 cm³/mol. The van der Waals surface area contributed by atoms with E-state index in [2.05, 4.69) is 9.47 Å². The first kappa shape index (κ1) is 21.0. The van der Waals surface area contributed by atoms with Crippen molar-refractivity contribution in [1.82, 2.24) is 0 Å². The average Bonchev–Trinajstić information content (AvgIpc) is 2.76. The van der Waals surface area contributed by atoms with Gasteiger partial charge in [0.05, 0.1) is 20.1 Å². The van der Waals surface area contributed by atoms with Crippen molar-refractivity contribution in [3.63, 3.8) is 0 Å². The highest BCUT2D eigenvalue weighted by Gasteiger charge is 2.56. The Bertz CT molecular complexity index is 861.